The first-order valence-corrected chi connectivity index (χ1v) is 11.1. The third-order valence-electron chi connectivity index (χ3n) is 5.79. The van der Waals surface area contributed by atoms with Gasteiger partial charge in [0.25, 0.3) is 5.91 Å². The summed E-state index contributed by atoms with van der Waals surface area (Å²) in [5, 5.41) is 19.4. The topological polar surface area (TPSA) is 95.1 Å². The van der Waals surface area contributed by atoms with E-state index >= 15 is 4.39 Å². The molecular weight excluding hydrogens is 445 g/mol. The van der Waals surface area contributed by atoms with Gasteiger partial charge in [-0.1, -0.05) is 43.3 Å². The summed E-state index contributed by atoms with van der Waals surface area (Å²) >= 11 is 0. The molecule has 0 saturated heterocycles. The zero-order chi connectivity index (χ0) is 24.9. The van der Waals surface area contributed by atoms with Gasteiger partial charge >= 0.3 is 5.97 Å². The summed E-state index contributed by atoms with van der Waals surface area (Å²) in [5.74, 6) is -1.86. The first kappa shape index (κ1) is 23.6. The van der Waals surface area contributed by atoms with Gasteiger partial charge in [0.1, 0.15) is 5.82 Å². The van der Waals surface area contributed by atoms with Gasteiger partial charge in [0.05, 0.1) is 11.7 Å². The highest BCUT2D eigenvalue weighted by Gasteiger charge is 2.18. The Kier molecular flexibility index (Phi) is 6.87. The van der Waals surface area contributed by atoms with E-state index in [1.165, 1.54) is 19.2 Å². The lowest BCUT2D eigenvalue weighted by Gasteiger charge is -2.17. The number of allylic oxidation sites excluding steroid dienone is 1. The number of amides is 1. The average molecular weight is 470 g/mol. The van der Waals surface area contributed by atoms with E-state index in [1.807, 2.05) is 49.4 Å². The fraction of sp³-hybridized carbons (Fsp3) is 0.107. The monoisotopic (exact) mass is 469 g/mol. The molecule has 4 rings (SSSR count). The zero-order valence-corrected chi connectivity index (χ0v) is 19.3. The Morgan fingerprint density at radius 2 is 1.74 bits per heavy atom. The number of rotatable bonds is 7. The number of aliphatic carboxylic acids is 1. The van der Waals surface area contributed by atoms with Gasteiger partial charge in [-0.25, -0.2) is 9.18 Å². The van der Waals surface area contributed by atoms with Crippen molar-refractivity contribution in [2.24, 2.45) is 0 Å². The van der Waals surface area contributed by atoms with Crippen LogP contribution in [0.25, 0.3) is 28.1 Å². The van der Waals surface area contributed by atoms with Crippen LogP contribution in [0.4, 0.5) is 4.39 Å². The molecule has 0 aliphatic heterocycles. The highest BCUT2D eigenvalue weighted by Crippen LogP contribution is 2.36. The lowest BCUT2D eigenvalue weighted by Crippen LogP contribution is -2.18. The van der Waals surface area contributed by atoms with Crippen LogP contribution in [0.15, 0.2) is 72.9 Å². The normalized spacial score (nSPS) is 12.1. The summed E-state index contributed by atoms with van der Waals surface area (Å²) in [5.41, 5.74) is 5.66. The minimum atomic E-state index is -1.02. The van der Waals surface area contributed by atoms with E-state index in [4.69, 9.17) is 5.11 Å². The van der Waals surface area contributed by atoms with Gasteiger partial charge in [-0.05, 0) is 64.6 Å². The standard InChI is InChI=1S/C28H24FN3O3/c1-3-22(23-11-9-20(15-24(23)29)28(35)30-2)27(19-10-12-25-21(14-19)16-31-32-25)18-7-4-17(5-8-18)6-13-26(33)34/h4-16H,3H2,1-2H3,(H,30,35)(H,31,32)(H,33,34)/b13-6+,27-22+. The van der Waals surface area contributed by atoms with Crippen LogP contribution in [0.5, 0.6) is 0 Å². The highest BCUT2D eigenvalue weighted by molar-refractivity contribution is 6.01. The number of carbonyl (C=O) groups is 2. The second-order valence-corrected chi connectivity index (χ2v) is 7.95. The van der Waals surface area contributed by atoms with Gasteiger partial charge in [-0.15, -0.1) is 0 Å². The summed E-state index contributed by atoms with van der Waals surface area (Å²) in [4.78, 5) is 22.8. The van der Waals surface area contributed by atoms with Gasteiger partial charge in [0.2, 0.25) is 0 Å². The molecule has 6 nitrogen and oxygen atoms in total. The van der Waals surface area contributed by atoms with Crippen molar-refractivity contribution in [1.82, 2.24) is 15.5 Å². The third-order valence-corrected chi connectivity index (χ3v) is 5.79. The largest absolute Gasteiger partial charge is 0.478 e. The molecule has 3 N–H and O–H groups in total. The van der Waals surface area contributed by atoms with Gasteiger partial charge < -0.3 is 10.4 Å². The van der Waals surface area contributed by atoms with Gasteiger partial charge in [0, 0.05) is 29.6 Å². The Labute approximate surface area is 201 Å². The molecule has 0 bridgehead atoms. The van der Waals surface area contributed by atoms with Crippen molar-refractivity contribution < 1.29 is 19.1 Å². The van der Waals surface area contributed by atoms with E-state index in [0.717, 1.165) is 44.8 Å². The van der Waals surface area contributed by atoms with Crippen LogP contribution in [-0.2, 0) is 4.79 Å². The quantitative estimate of drug-likeness (QED) is 0.245. The predicted octanol–water partition coefficient (Wildman–Crippen LogP) is 5.53. The van der Waals surface area contributed by atoms with E-state index in [1.54, 1.807) is 18.3 Å². The van der Waals surface area contributed by atoms with Crippen LogP contribution in [0.3, 0.4) is 0 Å². The summed E-state index contributed by atoms with van der Waals surface area (Å²) in [6.45, 7) is 1.96. The molecular formula is C28H24FN3O3. The molecule has 0 spiro atoms. The Morgan fingerprint density at radius 3 is 2.40 bits per heavy atom. The summed E-state index contributed by atoms with van der Waals surface area (Å²) < 4.78 is 15.3. The Hall–Kier alpha value is -4.52. The van der Waals surface area contributed by atoms with Gasteiger partial charge in [-0.3, -0.25) is 9.89 Å². The molecule has 0 saturated carbocycles. The van der Waals surface area contributed by atoms with Crippen molar-refractivity contribution in [3.63, 3.8) is 0 Å². The number of aromatic amines is 1. The van der Waals surface area contributed by atoms with Crippen molar-refractivity contribution in [2.75, 3.05) is 7.05 Å². The number of hydrogen-bond acceptors (Lipinski definition) is 3. The van der Waals surface area contributed by atoms with Crippen LogP contribution < -0.4 is 5.32 Å². The predicted molar refractivity (Wildman–Crippen MR) is 135 cm³/mol. The number of carboxylic acids is 1. The maximum absolute atomic E-state index is 15.3. The summed E-state index contributed by atoms with van der Waals surface area (Å²) in [7, 11) is 1.50. The Balaban J connectivity index is 1.92. The molecule has 0 fully saturated rings. The molecule has 1 heterocycles. The number of halogens is 1. The fourth-order valence-electron chi connectivity index (χ4n) is 4.09. The van der Waals surface area contributed by atoms with Crippen LogP contribution in [0.2, 0.25) is 0 Å². The number of H-pyrrole nitrogens is 1. The molecule has 0 aliphatic carbocycles. The third kappa shape index (κ3) is 5.04. The molecule has 1 aromatic heterocycles. The second kappa shape index (κ2) is 10.2. The molecule has 176 valence electrons. The van der Waals surface area contributed by atoms with E-state index in [2.05, 4.69) is 15.5 Å². The second-order valence-electron chi connectivity index (χ2n) is 7.95. The number of hydrogen-bond donors (Lipinski definition) is 3. The number of fused-ring (bicyclic) bond motifs is 1. The van der Waals surface area contributed by atoms with Gasteiger partial charge in [-0.2, -0.15) is 5.10 Å². The molecule has 1 amide bonds. The molecule has 0 radical (unpaired) electrons. The molecule has 0 aliphatic rings. The first-order chi connectivity index (χ1) is 16.9. The minimum absolute atomic E-state index is 0.250. The van der Waals surface area contributed by atoms with Crippen LogP contribution in [-0.4, -0.2) is 34.2 Å². The smallest absolute Gasteiger partial charge is 0.328 e. The summed E-state index contributed by atoms with van der Waals surface area (Å²) in [6.07, 6.45) is 4.88. The van der Waals surface area contributed by atoms with Crippen molar-refractivity contribution in [1.29, 1.82) is 0 Å². The van der Waals surface area contributed by atoms with E-state index in [-0.39, 0.29) is 11.5 Å². The lowest BCUT2D eigenvalue weighted by molar-refractivity contribution is -0.131. The number of nitrogens with one attached hydrogen (secondary N) is 2. The summed E-state index contributed by atoms with van der Waals surface area (Å²) in [6, 6.07) is 17.8. The number of benzene rings is 3. The number of nitrogens with zero attached hydrogens (tertiary/aromatic N) is 1. The number of carboxylic acid groups (broad SMARTS) is 1. The van der Waals surface area contributed by atoms with E-state index in [9.17, 15) is 9.59 Å². The molecule has 35 heavy (non-hydrogen) atoms. The van der Waals surface area contributed by atoms with Crippen LogP contribution in [0.1, 0.15) is 46.0 Å². The number of aromatic nitrogens is 2. The van der Waals surface area contributed by atoms with Crippen molar-refractivity contribution in [2.45, 2.75) is 13.3 Å². The average Bonchev–Trinajstić information content (AvgIpc) is 3.34. The van der Waals surface area contributed by atoms with E-state index in [0.29, 0.717) is 12.0 Å². The molecule has 3 aromatic carbocycles. The van der Waals surface area contributed by atoms with Crippen molar-refractivity contribution >= 4 is 40.0 Å². The van der Waals surface area contributed by atoms with Crippen molar-refractivity contribution in [3.8, 4) is 0 Å². The number of carbonyl (C=O) groups excluding carboxylic acids is 1. The zero-order valence-electron chi connectivity index (χ0n) is 19.3. The minimum Gasteiger partial charge on any atom is -0.478 e. The van der Waals surface area contributed by atoms with Gasteiger partial charge in [0.15, 0.2) is 0 Å². The van der Waals surface area contributed by atoms with Crippen LogP contribution >= 0.6 is 0 Å². The molecule has 4 aromatic rings. The fourth-order valence-corrected chi connectivity index (χ4v) is 4.09. The van der Waals surface area contributed by atoms with Crippen molar-refractivity contribution in [3.05, 3.63) is 107 Å². The first-order valence-electron chi connectivity index (χ1n) is 11.1. The molecule has 0 unspecified atom stereocenters. The molecule has 7 heteroatoms. The Morgan fingerprint density at radius 1 is 1.03 bits per heavy atom. The highest BCUT2D eigenvalue weighted by atomic mass is 19.1. The maximum Gasteiger partial charge on any atom is 0.328 e. The van der Waals surface area contributed by atoms with Crippen LogP contribution in [0, 0.1) is 5.82 Å². The maximum atomic E-state index is 15.3. The Bertz CT molecular complexity index is 1470. The van der Waals surface area contributed by atoms with E-state index < -0.39 is 11.8 Å². The SMILES string of the molecule is CC/C(=C(/c1ccc(/C=C/C(=O)O)cc1)c1ccc2[nH]ncc2c1)c1ccc(C(=O)NC)cc1F. The molecule has 0 atom stereocenters. The lowest BCUT2D eigenvalue weighted by atomic mass is 9.87.